The van der Waals surface area contributed by atoms with Crippen LogP contribution in [-0.2, 0) is 9.53 Å². The molecule has 1 N–H and O–H groups in total. The number of hydrogen-bond acceptors (Lipinski definition) is 6. The standard InChI is InChI=1S/C17H25N3O5/c1-4-25-17(22)20-9-7-19(8-10-20)12-16(21)18-14-11-13(23-2)5-6-15(14)24-3/h5-6,11H,4,7-10,12H2,1-3H3,(H,18,21). The van der Waals surface area contributed by atoms with Gasteiger partial charge in [0.15, 0.2) is 0 Å². The molecule has 0 aliphatic carbocycles. The first kappa shape index (κ1) is 18.9. The van der Waals surface area contributed by atoms with Crippen molar-refractivity contribution in [1.29, 1.82) is 0 Å². The Morgan fingerprint density at radius 1 is 1.12 bits per heavy atom. The van der Waals surface area contributed by atoms with E-state index in [-0.39, 0.29) is 18.5 Å². The van der Waals surface area contributed by atoms with Crippen LogP contribution in [0.1, 0.15) is 6.92 Å². The third kappa shape index (κ3) is 5.25. The van der Waals surface area contributed by atoms with E-state index in [0.29, 0.717) is 50.0 Å². The van der Waals surface area contributed by atoms with E-state index < -0.39 is 0 Å². The first-order chi connectivity index (χ1) is 12.1. The Morgan fingerprint density at radius 2 is 1.84 bits per heavy atom. The lowest BCUT2D eigenvalue weighted by Gasteiger charge is -2.33. The van der Waals surface area contributed by atoms with Gasteiger partial charge in [-0.2, -0.15) is 0 Å². The zero-order chi connectivity index (χ0) is 18.2. The third-order valence-electron chi connectivity index (χ3n) is 3.95. The molecule has 2 amide bonds. The number of anilines is 1. The number of benzene rings is 1. The largest absolute Gasteiger partial charge is 0.497 e. The first-order valence-electron chi connectivity index (χ1n) is 8.23. The Hall–Kier alpha value is -2.48. The van der Waals surface area contributed by atoms with Gasteiger partial charge in [-0.05, 0) is 19.1 Å². The van der Waals surface area contributed by atoms with Crippen LogP contribution in [0.2, 0.25) is 0 Å². The molecule has 1 saturated heterocycles. The quantitative estimate of drug-likeness (QED) is 0.835. The third-order valence-corrected chi connectivity index (χ3v) is 3.95. The summed E-state index contributed by atoms with van der Waals surface area (Å²) in [5, 5.41) is 2.85. The van der Waals surface area contributed by atoms with E-state index in [1.165, 1.54) is 0 Å². The van der Waals surface area contributed by atoms with Crippen LogP contribution >= 0.6 is 0 Å². The second-order valence-corrected chi connectivity index (χ2v) is 5.58. The monoisotopic (exact) mass is 351 g/mol. The van der Waals surface area contributed by atoms with Crippen molar-refractivity contribution in [2.45, 2.75) is 6.92 Å². The summed E-state index contributed by atoms with van der Waals surface area (Å²) in [5.74, 6) is 1.07. The van der Waals surface area contributed by atoms with E-state index in [0.717, 1.165) is 0 Å². The van der Waals surface area contributed by atoms with Crippen LogP contribution in [0.15, 0.2) is 18.2 Å². The maximum Gasteiger partial charge on any atom is 0.409 e. The number of carbonyl (C=O) groups excluding carboxylic acids is 2. The summed E-state index contributed by atoms with van der Waals surface area (Å²) in [7, 11) is 3.11. The van der Waals surface area contributed by atoms with Gasteiger partial charge in [0.2, 0.25) is 5.91 Å². The van der Waals surface area contributed by atoms with E-state index >= 15 is 0 Å². The van der Waals surface area contributed by atoms with Crippen molar-refractivity contribution in [3.8, 4) is 11.5 Å². The number of nitrogens with one attached hydrogen (secondary N) is 1. The molecular formula is C17H25N3O5. The van der Waals surface area contributed by atoms with Crippen LogP contribution in [-0.4, -0.2) is 75.4 Å². The molecule has 8 heteroatoms. The zero-order valence-corrected chi connectivity index (χ0v) is 14.9. The van der Waals surface area contributed by atoms with Crippen molar-refractivity contribution >= 4 is 17.7 Å². The minimum absolute atomic E-state index is 0.142. The Bertz CT molecular complexity index is 600. The van der Waals surface area contributed by atoms with Crippen LogP contribution in [0.25, 0.3) is 0 Å². The van der Waals surface area contributed by atoms with Crippen molar-refractivity contribution in [3.05, 3.63) is 18.2 Å². The van der Waals surface area contributed by atoms with E-state index in [2.05, 4.69) is 5.32 Å². The number of carbonyl (C=O) groups is 2. The van der Waals surface area contributed by atoms with Gasteiger partial charge in [0, 0.05) is 32.2 Å². The first-order valence-corrected chi connectivity index (χ1v) is 8.23. The molecule has 0 saturated carbocycles. The van der Waals surface area contributed by atoms with Crippen LogP contribution in [0, 0.1) is 0 Å². The van der Waals surface area contributed by atoms with Gasteiger partial charge in [0.1, 0.15) is 11.5 Å². The van der Waals surface area contributed by atoms with Gasteiger partial charge in [-0.25, -0.2) is 4.79 Å². The lowest BCUT2D eigenvalue weighted by molar-refractivity contribution is -0.117. The highest BCUT2D eigenvalue weighted by Gasteiger charge is 2.23. The van der Waals surface area contributed by atoms with Gasteiger partial charge in [0.25, 0.3) is 0 Å². The SMILES string of the molecule is CCOC(=O)N1CCN(CC(=O)Nc2cc(OC)ccc2OC)CC1. The van der Waals surface area contributed by atoms with Gasteiger partial charge in [-0.3, -0.25) is 9.69 Å². The minimum Gasteiger partial charge on any atom is -0.497 e. The van der Waals surface area contributed by atoms with Crippen LogP contribution < -0.4 is 14.8 Å². The van der Waals surface area contributed by atoms with E-state index in [9.17, 15) is 9.59 Å². The van der Waals surface area contributed by atoms with Gasteiger partial charge in [-0.1, -0.05) is 0 Å². The average Bonchev–Trinajstić information content (AvgIpc) is 2.62. The molecule has 1 aromatic carbocycles. The summed E-state index contributed by atoms with van der Waals surface area (Å²) in [6.07, 6.45) is -0.298. The van der Waals surface area contributed by atoms with Crippen LogP contribution in [0.3, 0.4) is 0 Å². The maximum absolute atomic E-state index is 12.3. The molecule has 1 aromatic rings. The van der Waals surface area contributed by atoms with E-state index in [4.69, 9.17) is 14.2 Å². The number of nitrogens with zero attached hydrogens (tertiary/aromatic N) is 2. The Kier molecular flexibility index (Phi) is 6.88. The fraction of sp³-hybridized carbons (Fsp3) is 0.529. The lowest BCUT2D eigenvalue weighted by atomic mass is 10.2. The summed E-state index contributed by atoms with van der Waals surface area (Å²) in [6, 6.07) is 5.23. The summed E-state index contributed by atoms with van der Waals surface area (Å²) in [4.78, 5) is 27.6. The molecule has 138 valence electrons. The van der Waals surface area contributed by atoms with Crippen molar-refractivity contribution in [3.63, 3.8) is 0 Å². The number of hydrogen-bond donors (Lipinski definition) is 1. The number of ether oxygens (including phenoxy) is 3. The highest BCUT2D eigenvalue weighted by Crippen LogP contribution is 2.28. The molecular weight excluding hydrogens is 326 g/mol. The molecule has 0 unspecified atom stereocenters. The summed E-state index contributed by atoms with van der Waals surface area (Å²) >= 11 is 0. The minimum atomic E-state index is -0.298. The van der Waals surface area contributed by atoms with Crippen molar-refractivity contribution in [2.75, 3.05) is 58.9 Å². The van der Waals surface area contributed by atoms with E-state index in [1.807, 2.05) is 4.90 Å². The molecule has 8 nitrogen and oxygen atoms in total. The normalized spacial score (nSPS) is 14.8. The summed E-state index contributed by atoms with van der Waals surface area (Å²) in [5.41, 5.74) is 0.567. The smallest absolute Gasteiger partial charge is 0.409 e. The molecule has 1 heterocycles. The predicted octanol–water partition coefficient (Wildman–Crippen LogP) is 1.42. The average molecular weight is 351 g/mol. The fourth-order valence-corrected chi connectivity index (χ4v) is 2.61. The van der Waals surface area contributed by atoms with Crippen molar-refractivity contribution < 1.29 is 23.8 Å². The molecule has 2 rings (SSSR count). The van der Waals surface area contributed by atoms with Crippen molar-refractivity contribution in [2.24, 2.45) is 0 Å². The topological polar surface area (TPSA) is 80.3 Å². The maximum atomic E-state index is 12.3. The molecule has 0 atom stereocenters. The molecule has 1 aliphatic rings. The summed E-state index contributed by atoms with van der Waals surface area (Å²) < 4.78 is 15.4. The number of piperazine rings is 1. The second kappa shape index (κ2) is 9.12. The lowest BCUT2D eigenvalue weighted by Crippen LogP contribution is -2.50. The van der Waals surface area contributed by atoms with Gasteiger partial charge in [0.05, 0.1) is 33.1 Å². The van der Waals surface area contributed by atoms with Crippen LogP contribution in [0.5, 0.6) is 11.5 Å². The highest BCUT2D eigenvalue weighted by atomic mass is 16.6. The van der Waals surface area contributed by atoms with Gasteiger partial charge < -0.3 is 24.4 Å². The highest BCUT2D eigenvalue weighted by molar-refractivity contribution is 5.94. The predicted molar refractivity (Wildman–Crippen MR) is 93.2 cm³/mol. The zero-order valence-electron chi connectivity index (χ0n) is 14.9. The van der Waals surface area contributed by atoms with Gasteiger partial charge in [-0.15, -0.1) is 0 Å². The number of amides is 2. The second-order valence-electron chi connectivity index (χ2n) is 5.58. The number of methoxy groups -OCH3 is 2. The van der Waals surface area contributed by atoms with Gasteiger partial charge >= 0.3 is 6.09 Å². The molecule has 0 bridgehead atoms. The Morgan fingerprint density at radius 3 is 2.44 bits per heavy atom. The summed E-state index contributed by atoms with van der Waals surface area (Å²) in [6.45, 7) is 4.75. The molecule has 0 radical (unpaired) electrons. The molecule has 1 fully saturated rings. The fourth-order valence-electron chi connectivity index (χ4n) is 2.61. The Balaban J connectivity index is 1.86. The molecule has 1 aliphatic heterocycles. The van der Waals surface area contributed by atoms with E-state index in [1.54, 1.807) is 44.2 Å². The molecule has 0 spiro atoms. The van der Waals surface area contributed by atoms with Crippen LogP contribution in [0.4, 0.5) is 10.5 Å². The van der Waals surface area contributed by atoms with Crippen molar-refractivity contribution in [1.82, 2.24) is 9.80 Å². The molecule has 0 aromatic heterocycles. The number of rotatable bonds is 6. The Labute approximate surface area is 147 Å². The molecule has 25 heavy (non-hydrogen) atoms.